The molecule has 0 radical (unpaired) electrons. The van der Waals surface area contributed by atoms with Crippen LogP contribution in [0.3, 0.4) is 0 Å². The molecule has 0 aliphatic carbocycles. The molecule has 0 unspecified atom stereocenters. The van der Waals surface area contributed by atoms with E-state index in [1.165, 1.54) is 23.7 Å². The smallest absolute Gasteiger partial charge is 0.211 e. The Morgan fingerprint density at radius 2 is 2.22 bits per heavy atom. The first kappa shape index (κ1) is 18.2. The Kier molecular flexibility index (Phi) is 6.00. The Morgan fingerprint density at radius 3 is 2.87 bits per heavy atom. The number of nitrogens with zero attached hydrogens (tertiary/aromatic N) is 1. The first-order chi connectivity index (χ1) is 10.8. The number of sulfonamides is 1. The Bertz CT molecular complexity index is 636. The highest BCUT2D eigenvalue weighted by molar-refractivity contribution is 7.88. The minimum absolute atomic E-state index is 0.209. The standard InChI is InChI=1S/C16H25FN2O3S/c1-12(16-14(17)7-4-8-15(16)22-2)18-10-13-6-5-9-19(11-13)23(3,20)21/h4,7-8,12-13,18H,5-6,9-11H2,1-3H3/t12-,13+/m1/s1. The summed E-state index contributed by atoms with van der Waals surface area (Å²) in [5, 5.41) is 3.31. The molecule has 7 heteroatoms. The molecule has 1 aliphatic rings. The molecule has 23 heavy (non-hydrogen) atoms. The van der Waals surface area contributed by atoms with Crippen LogP contribution in [0.4, 0.5) is 4.39 Å². The van der Waals surface area contributed by atoms with Crippen LogP contribution in [0.15, 0.2) is 18.2 Å². The minimum Gasteiger partial charge on any atom is -0.496 e. The van der Waals surface area contributed by atoms with E-state index in [4.69, 9.17) is 4.74 Å². The summed E-state index contributed by atoms with van der Waals surface area (Å²) in [6.45, 7) is 3.64. The largest absolute Gasteiger partial charge is 0.496 e. The normalized spacial score (nSPS) is 21.1. The molecular formula is C16H25FN2O3S. The lowest BCUT2D eigenvalue weighted by molar-refractivity contribution is 0.255. The first-order valence-corrected chi connectivity index (χ1v) is 9.68. The van der Waals surface area contributed by atoms with Gasteiger partial charge in [-0.25, -0.2) is 17.1 Å². The molecule has 1 N–H and O–H groups in total. The van der Waals surface area contributed by atoms with Gasteiger partial charge in [-0.3, -0.25) is 0 Å². The lowest BCUT2D eigenvalue weighted by atomic mass is 9.98. The summed E-state index contributed by atoms with van der Waals surface area (Å²) in [5.41, 5.74) is 0.505. The summed E-state index contributed by atoms with van der Waals surface area (Å²) in [6, 6.07) is 4.57. The lowest BCUT2D eigenvalue weighted by Gasteiger charge is -2.32. The van der Waals surface area contributed by atoms with Crippen molar-refractivity contribution in [3.8, 4) is 5.75 Å². The molecule has 1 aromatic carbocycles. The number of rotatable bonds is 6. The molecule has 1 saturated heterocycles. The molecule has 2 rings (SSSR count). The number of hydrogen-bond acceptors (Lipinski definition) is 4. The van der Waals surface area contributed by atoms with E-state index in [9.17, 15) is 12.8 Å². The fourth-order valence-corrected chi connectivity index (χ4v) is 4.00. The predicted molar refractivity (Wildman–Crippen MR) is 88.5 cm³/mol. The van der Waals surface area contributed by atoms with Crippen LogP contribution in [0.5, 0.6) is 5.75 Å². The summed E-state index contributed by atoms with van der Waals surface area (Å²) in [7, 11) is -1.62. The molecule has 1 heterocycles. The van der Waals surface area contributed by atoms with Crippen molar-refractivity contribution >= 4 is 10.0 Å². The van der Waals surface area contributed by atoms with Crippen molar-refractivity contribution in [1.82, 2.24) is 9.62 Å². The van der Waals surface area contributed by atoms with Crippen molar-refractivity contribution in [3.63, 3.8) is 0 Å². The molecule has 2 atom stereocenters. The molecule has 5 nitrogen and oxygen atoms in total. The molecule has 0 amide bonds. The highest BCUT2D eigenvalue weighted by Crippen LogP contribution is 2.28. The second-order valence-electron chi connectivity index (χ2n) is 6.11. The van der Waals surface area contributed by atoms with Gasteiger partial charge in [0.1, 0.15) is 11.6 Å². The van der Waals surface area contributed by atoms with Gasteiger partial charge in [0.15, 0.2) is 0 Å². The first-order valence-electron chi connectivity index (χ1n) is 7.83. The van der Waals surface area contributed by atoms with Crippen LogP contribution in [-0.4, -0.2) is 45.7 Å². The Balaban J connectivity index is 1.98. The summed E-state index contributed by atoms with van der Waals surface area (Å²) in [5.74, 6) is 0.454. The van der Waals surface area contributed by atoms with E-state index in [1.54, 1.807) is 12.1 Å². The molecule has 0 bridgehead atoms. The molecule has 1 aromatic rings. The third-order valence-corrected chi connectivity index (χ3v) is 5.60. The van der Waals surface area contributed by atoms with Gasteiger partial charge in [0, 0.05) is 24.7 Å². The molecule has 1 aliphatic heterocycles. The van der Waals surface area contributed by atoms with Crippen LogP contribution in [0.2, 0.25) is 0 Å². The van der Waals surface area contributed by atoms with Crippen molar-refractivity contribution in [2.75, 3.05) is 33.0 Å². The van der Waals surface area contributed by atoms with Crippen LogP contribution in [0.25, 0.3) is 0 Å². The van der Waals surface area contributed by atoms with Crippen molar-refractivity contribution in [2.24, 2.45) is 5.92 Å². The second-order valence-corrected chi connectivity index (χ2v) is 8.10. The van der Waals surface area contributed by atoms with Gasteiger partial charge in [-0.1, -0.05) is 6.07 Å². The maximum atomic E-state index is 14.1. The third-order valence-electron chi connectivity index (χ3n) is 4.33. The van der Waals surface area contributed by atoms with Crippen molar-refractivity contribution in [1.29, 1.82) is 0 Å². The summed E-state index contributed by atoms with van der Waals surface area (Å²) in [6.07, 6.45) is 3.08. The molecule has 0 saturated carbocycles. The number of hydrogen-bond donors (Lipinski definition) is 1. The van der Waals surface area contributed by atoms with Crippen molar-refractivity contribution in [2.45, 2.75) is 25.8 Å². The third kappa shape index (κ3) is 4.65. The molecular weight excluding hydrogens is 319 g/mol. The van der Waals surface area contributed by atoms with Crippen LogP contribution in [-0.2, 0) is 10.0 Å². The molecule has 0 aromatic heterocycles. The van der Waals surface area contributed by atoms with E-state index in [0.29, 0.717) is 30.9 Å². The number of piperidine rings is 1. The van der Waals surface area contributed by atoms with E-state index in [-0.39, 0.29) is 17.8 Å². The summed E-state index contributed by atoms with van der Waals surface area (Å²) >= 11 is 0. The lowest BCUT2D eigenvalue weighted by Crippen LogP contribution is -2.42. The molecule has 1 fully saturated rings. The Morgan fingerprint density at radius 1 is 1.48 bits per heavy atom. The van der Waals surface area contributed by atoms with E-state index >= 15 is 0 Å². The van der Waals surface area contributed by atoms with Gasteiger partial charge in [0.2, 0.25) is 10.0 Å². The number of halogens is 1. The zero-order valence-corrected chi connectivity index (χ0v) is 14.7. The fourth-order valence-electron chi connectivity index (χ4n) is 3.06. The van der Waals surface area contributed by atoms with Gasteiger partial charge >= 0.3 is 0 Å². The highest BCUT2D eigenvalue weighted by Gasteiger charge is 2.26. The van der Waals surface area contributed by atoms with E-state index in [2.05, 4.69) is 5.32 Å². The maximum absolute atomic E-state index is 14.1. The van der Waals surface area contributed by atoms with Gasteiger partial charge in [0.25, 0.3) is 0 Å². The van der Waals surface area contributed by atoms with Gasteiger partial charge in [-0.05, 0) is 44.4 Å². The van der Waals surface area contributed by atoms with Crippen LogP contribution < -0.4 is 10.1 Å². The molecule has 130 valence electrons. The average molecular weight is 344 g/mol. The number of benzene rings is 1. The van der Waals surface area contributed by atoms with Crippen LogP contribution >= 0.6 is 0 Å². The van der Waals surface area contributed by atoms with Gasteiger partial charge in [-0.15, -0.1) is 0 Å². The quantitative estimate of drug-likeness (QED) is 0.859. The summed E-state index contributed by atoms with van der Waals surface area (Å²) < 4.78 is 44.1. The van der Waals surface area contributed by atoms with E-state index in [0.717, 1.165) is 12.8 Å². The van der Waals surface area contributed by atoms with Gasteiger partial charge in [-0.2, -0.15) is 0 Å². The van der Waals surface area contributed by atoms with Gasteiger partial charge in [0.05, 0.1) is 13.4 Å². The van der Waals surface area contributed by atoms with E-state index < -0.39 is 10.0 Å². The minimum atomic E-state index is -3.14. The SMILES string of the molecule is COc1cccc(F)c1[C@@H](C)NC[C@@H]1CCCN(S(C)(=O)=O)C1. The Hall–Kier alpha value is -1.18. The van der Waals surface area contributed by atoms with Crippen LogP contribution in [0, 0.1) is 11.7 Å². The summed E-state index contributed by atoms with van der Waals surface area (Å²) in [4.78, 5) is 0. The monoisotopic (exact) mass is 344 g/mol. The van der Waals surface area contributed by atoms with Gasteiger partial charge < -0.3 is 10.1 Å². The predicted octanol–water partition coefficient (Wildman–Crippen LogP) is 2.16. The topological polar surface area (TPSA) is 58.6 Å². The fraction of sp³-hybridized carbons (Fsp3) is 0.625. The number of nitrogens with one attached hydrogen (secondary N) is 1. The second kappa shape index (κ2) is 7.59. The number of ether oxygens (including phenoxy) is 1. The van der Waals surface area contributed by atoms with Crippen molar-refractivity contribution < 1.29 is 17.5 Å². The maximum Gasteiger partial charge on any atom is 0.211 e. The van der Waals surface area contributed by atoms with E-state index in [1.807, 2.05) is 6.92 Å². The Labute approximate surface area is 137 Å². The van der Waals surface area contributed by atoms with Crippen molar-refractivity contribution in [3.05, 3.63) is 29.6 Å². The number of methoxy groups -OCH3 is 1. The zero-order chi connectivity index (χ0) is 17.0. The van der Waals surface area contributed by atoms with Crippen LogP contribution in [0.1, 0.15) is 31.4 Å². The molecule has 0 spiro atoms. The average Bonchev–Trinajstić information content (AvgIpc) is 2.51. The zero-order valence-electron chi connectivity index (χ0n) is 13.9. The highest BCUT2D eigenvalue weighted by atomic mass is 32.2.